The number of rotatable bonds is 6. The predicted octanol–water partition coefficient (Wildman–Crippen LogP) is 2.22. The van der Waals surface area contributed by atoms with E-state index in [0.29, 0.717) is 12.5 Å². The van der Waals surface area contributed by atoms with Crippen LogP contribution in [0.1, 0.15) is 31.7 Å². The molecular weight excluding hydrogens is 236 g/mol. The van der Waals surface area contributed by atoms with Crippen molar-refractivity contribution in [2.24, 2.45) is 0 Å². The van der Waals surface area contributed by atoms with E-state index < -0.39 is 0 Å². The topological polar surface area (TPSA) is 32.3 Å². The van der Waals surface area contributed by atoms with Gasteiger partial charge in [-0.2, -0.15) is 0 Å². The van der Waals surface area contributed by atoms with Crippen molar-refractivity contribution in [2.75, 3.05) is 19.6 Å². The van der Waals surface area contributed by atoms with Crippen molar-refractivity contribution in [3.05, 3.63) is 35.9 Å². The average Bonchev–Trinajstić information content (AvgIpc) is 2.96. The van der Waals surface area contributed by atoms with Crippen LogP contribution in [0, 0.1) is 0 Å². The molecule has 1 unspecified atom stereocenters. The molecule has 1 heterocycles. The molecule has 0 bridgehead atoms. The zero-order chi connectivity index (χ0) is 13.5. The molecule has 0 spiro atoms. The molecule has 1 fully saturated rings. The highest BCUT2D eigenvalue weighted by molar-refractivity contribution is 5.76. The van der Waals surface area contributed by atoms with Crippen molar-refractivity contribution < 1.29 is 4.79 Å². The number of nitrogens with one attached hydrogen (secondary N) is 1. The molecule has 1 amide bonds. The number of hydrogen-bond acceptors (Lipinski definition) is 2. The van der Waals surface area contributed by atoms with Gasteiger partial charge < -0.3 is 10.2 Å². The van der Waals surface area contributed by atoms with Gasteiger partial charge in [0.15, 0.2) is 0 Å². The van der Waals surface area contributed by atoms with Crippen molar-refractivity contribution in [1.82, 2.24) is 10.2 Å². The number of likely N-dealkylation sites (N-methyl/N-ethyl adjacent to an activating group) is 1. The lowest BCUT2D eigenvalue weighted by atomic mass is 10.1. The third-order valence-corrected chi connectivity index (χ3v) is 3.81. The van der Waals surface area contributed by atoms with Gasteiger partial charge in [0.05, 0.1) is 0 Å². The molecule has 0 aliphatic carbocycles. The third kappa shape index (κ3) is 4.35. The van der Waals surface area contributed by atoms with E-state index in [1.165, 1.54) is 18.4 Å². The summed E-state index contributed by atoms with van der Waals surface area (Å²) in [7, 11) is 0. The highest BCUT2D eigenvalue weighted by Gasteiger charge is 2.19. The Morgan fingerprint density at radius 3 is 2.79 bits per heavy atom. The highest BCUT2D eigenvalue weighted by Crippen LogP contribution is 2.09. The quantitative estimate of drug-likeness (QED) is 0.850. The molecule has 1 aliphatic heterocycles. The van der Waals surface area contributed by atoms with E-state index in [1.54, 1.807) is 0 Å². The Hall–Kier alpha value is -1.35. The van der Waals surface area contributed by atoms with E-state index in [0.717, 1.165) is 26.1 Å². The Morgan fingerprint density at radius 2 is 2.16 bits per heavy atom. The Bertz CT molecular complexity index is 385. The Balaban J connectivity index is 1.79. The number of carbonyl (C=O) groups excluding carboxylic acids is 1. The van der Waals surface area contributed by atoms with E-state index in [2.05, 4.69) is 24.4 Å². The minimum absolute atomic E-state index is 0.278. The van der Waals surface area contributed by atoms with Crippen molar-refractivity contribution >= 4 is 5.91 Å². The minimum Gasteiger partial charge on any atom is -0.341 e. The van der Waals surface area contributed by atoms with Gasteiger partial charge in [0, 0.05) is 25.6 Å². The van der Waals surface area contributed by atoms with Gasteiger partial charge in [0.1, 0.15) is 0 Å². The summed E-state index contributed by atoms with van der Waals surface area (Å²) in [6.45, 7) is 4.84. The lowest BCUT2D eigenvalue weighted by molar-refractivity contribution is -0.131. The van der Waals surface area contributed by atoms with Crippen LogP contribution in [0.5, 0.6) is 0 Å². The molecule has 1 atom stereocenters. The fourth-order valence-corrected chi connectivity index (χ4v) is 2.64. The van der Waals surface area contributed by atoms with Crippen LogP contribution in [0.2, 0.25) is 0 Å². The Morgan fingerprint density at radius 1 is 1.37 bits per heavy atom. The van der Waals surface area contributed by atoms with E-state index in [4.69, 9.17) is 0 Å². The van der Waals surface area contributed by atoms with Crippen LogP contribution in [0.25, 0.3) is 0 Å². The first-order valence-electron chi connectivity index (χ1n) is 7.34. The summed E-state index contributed by atoms with van der Waals surface area (Å²) in [5, 5.41) is 3.46. The van der Waals surface area contributed by atoms with Crippen LogP contribution >= 0.6 is 0 Å². The number of benzene rings is 1. The van der Waals surface area contributed by atoms with Crippen molar-refractivity contribution in [3.8, 4) is 0 Å². The molecule has 1 N–H and O–H groups in total. The molecule has 1 aliphatic rings. The zero-order valence-electron chi connectivity index (χ0n) is 11.8. The monoisotopic (exact) mass is 260 g/mol. The number of amides is 1. The Kier molecular flexibility index (Phi) is 5.40. The van der Waals surface area contributed by atoms with Crippen LogP contribution in [0.15, 0.2) is 30.3 Å². The smallest absolute Gasteiger partial charge is 0.222 e. The van der Waals surface area contributed by atoms with Crippen LogP contribution in [0.3, 0.4) is 0 Å². The molecule has 1 saturated heterocycles. The van der Waals surface area contributed by atoms with Crippen molar-refractivity contribution in [2.45, 2.75) is 38.6 Å². The molecule has 104 valence electrons. The Labute approximate surface area is 116 Å². The molecule has 0 aromatic heterocycles. The SMILES string of the molecule is CCN(CC1CCCN1)C(=O)CCc1ccccc1. The lowest BCUT2D eigenvalue weighted by Gasteiger charge is -2.24. The van der Waals surface area contributed by atoms with E-state index in [9.17, 15) is 4.79 Å². The van der Waals surface area contributed by atoms with Crippen molar-refractivity contribution in [1.29, 1.82) is 0 Å². The molecule has 19 heavy (non-hydrogen) atoms. The summed E-state index contributed by atoms with van der Waals surface area (Å²) in [5.41, 5.74) is 1.24. The zero-order valence-corrected chi connectivity index (χ0v) is 11.8. The normalized spacial score (nSPS) is 18.5. The number of nitrogens with zero attached hydrogens (tertiary/aromatic N) is 1. The summed E-state index contributed by atoms with van der Waals surface area (Å²) in [6, 6.07) is 10.7. The van der Waals surface area contributed by atoms with Gasteiger partial charge in [-0.05, 0) is 38.3 Å². The molecule has 0 radical (unpaired) electrons. The summed E-state index contributed by atoms with van der Waals surface area (Å²) in [6.07, 6.45) is 3.89. The minimum atomic E-state index is 0.278. The summed E-state index contributed by atoms with van der Waals surface area (Å²) < 4.78 is 0. The first kappa shape index (κ1) is 14.1. The number of carbonyl (C=O) groups is 1. The molecular formula is C16H24N2O. The fraction of sp³-hybridized carbons (Fsp3) is 0.562. The highest BCUT2D eigenvalue weighted by atomic mass is 16.2. The van der Waals surface area contributed by atoms with Gasteiger partial charge in [-0.15, -0.1) is 0 Å². The van der Waals surface area contributed by atoms with E-state index in [-0.39, 0.29) is 5.91 Å². The summed E-state index contributed by atoms with van der Waals surface area (Å²) in [4.78, 5) is 14.2. The first-order valence-corrected chi connectivity index (χ1v) is 7.34. The third-order valence-electron chi connectivity index (χ3n) is 3.81. The van der Waals surface area contributed by atoms with Crippen LogP contribution in [0.4, 0.5) is 0 Å². The second kappa shape index (κ2) is 7.29. The number of aryl methyl sites for hydroxylation is 1. The summed E-state index contributed by atoms with van der Waals surface area (Å²) in [5.74, 6) is 0.278. The first-order chi connectivity index (χ1) is 9.29. The molecule has 3 heteroatoms. The predicted molar refractivity (Wildman–Crippen MR) is 78.0 cm³/mol. The maximum atomic E-state index is 12.2. The van der Waals surface area contributed by atoms with Crippen molar-refractivity contribution in [3.63, 3.8) is 0 Å². The maximum absolute atomic E-state index is 12.2. The summed E-state index contributed by atoms with van der Waals surface area (Å²) >= 11 is 0. The lowest BCUT2D eigenvalue weighted by Crippen LogP contribution is -2.41. The molecule has 2 rings (SSSR count). The van der Waals surface area contributed by atoms with E-state index in [1.807, 2.05) is 23.1 Å². The average molecular weight is 260 g/mol. The van der Waals surface area contributed by atoms with Gasteiger partial charge in [-0.1, -0.05) is 30.3 Å². The van der Waals surface area contributed by atoms with Gasteiger partial charge in [-0.3, -0.25) is 4.79 Å². The fourth-order valence-electron chi connectivity index (χ4n) is 2.64. The molecule has 0 saturated carbocycles. The van der Waals surface area contributed by atoms with Crippen LogP contribution in [-0.4, -0.2) is 36.5 Å². The second-order valence-electron chi connectivity index (χ2n) is 5.21. The van der Waals surface area contributed by atoms with Gasteiger partial charge in [0.25, 0.3) is 0 Å². The van der Waals surface area contributed by atoms with Gasteiger partial charge in [0.2, 0.25) is 5.91 Å². The van der Waals surface area contributed by atoms with Crippen LogP contribution in [-0.2, 0) is 11.2 Å². The van der Waals surface area contributed by atoms with Crippen LogP contribution < -0.4 is 5.32 Å². The van der Waals surface area contributed by atoms with Gasteiger partial charge >= 0.3 is 0 Å². The molecule has 1 aromatic rings. The van der Waals surface area contributed by atoms with E-state index >= 15 is 0 Å². The molecule has 3 nitrogen and oxygen atoms in total. The number of hydrogen-bond donors (Lipinski definition) is 1. The standard InChI is InChI=1S/C16H24N2O/c1-2-18(13-15-9-6-12-17-15)16(19)11-10-14-7-4-3-5-8-14/h3-5,7-8,15,17H,2,6,9-13H2,1H3. The second-order valence-corrected chi connectivity index (χ2v) is 5.21. The molecule has 1 aromatic carbocycles. The largest absolute Gasteiger partial charge is 0.341 e. The van der Waals surface area contributed by atoms with Gasteiger partial charge in [-0.25, -0.2) is 0 Å². The maximum Gasteiger partial charge on any atom is 0.222 e.